The van der Waals surface area contributed by atoms with Gasteiger partial charge >= 0.3 is 0 Å². The molecule has 0 N–H and O–H groups in total. The standard InChI is InChI=1S/C15H22O2/c1-5-6-7-12-13(16)10-15(11(2)3)9-8-14(12,4)17-15/h5,8-9,11-12H,1,6-7,10H2,2-4H3/t12-,14-,15+/m0/s1. The summed E-state index contributed by atoms with van der Waals surface area (Å²) >= 11 is 0. The van der Waals surface area contributed by atoms with Crippen molar-refractivity contribution in [2.75, 3.05) is 0 Å². The molecule has 3 atom stereocenters. The zero-order valence-electron chi connectivity index (χ0n) is 11.0. The first-order valence-corrected chi connectivity index (χ1v) is 6.48. The van der Waals surface area contributed by atoms with Crippen LogP contribution in [0.1, 0.15) is 40.0 Å². The molecule has 2 nitrogen and oxygen atoms in total. The van der Waals surface area contributed by atoms with Crippen molar-refractivity contribution in [1.29, 1.82) is 0 Å². The SMILES string of the molecule is C=CCC[C@H]1C(=O)C[C@@]2(C(C)C)C=C[C@]1(C)O2. The van der Waals surface area contributed by atoms with Crippen molar-refractivity contribution in [1.82, 2.24) is 0 Å². The molecule has 0 aromatic heterocycles. The highest BCUT2D eigenvalue weighted by molar-refractivity contribution is 5.85. The molecular weight excluding hydrogens is 212 g/mol. The van der Waals surface area contributed by atoms with E-state index in [0.717, 1.165) is 12.8 Å². The van der Waals surface area contributed by atoms with Gasteiger partial charge in [0.25, 0.3) is 0 Å². The smallest absolute Gasteiger partial charge is 0.142 e. The lowest BCUT2D eigenvalue weighted by atomic mass is 9.76. The van der Waals surface area contributed by atoms with Crippen LogP contribution in [0.15, 0.2) is 24.8 Å². The van der Waals surface area contributed by atoms with E-state index < -0.39 is 5.60 Å². The lowest BCUT2D eigenvalue weighted by molar-refractivity contribution is -0.176. The Balaban J connectivity index is 2.24. The van der Waals surface area contributed by atoms with E-state index in [1.54, 1.807) is 0 Å². The summed E-state index contributed by atoms with van der Waals surface area (Å²) < 4.78 is 6.25. The summed E-state index contributed by atoms with van der Waals surface area (Å²) in [5, 5.41) is 0. The summed E-state index contributed by atoms with van der Waals surface area (Å²) in [5.74, 6) is 0.676. The molecule has 2 rings (SSSR count). The number of carbonyl (C=O) groups is 1. The predicted molar refractivity (Wildman–Crippen MR) is 68.7 cm³/mol. The molecule has 0 aromatic carbocycles. The van der Waals surface area contributed by atoms with Crippen molar-refractivity contribution in [3.63, 3.8) is 0 Å². The lowest BCUT2D eigenvalue weighted by Gasteiger charge is -2.45. The minimum atomic E-state index is -0.400. The molecule has 2 aliphatic rings. The molecule has 0 radical (unpaired) electrons. The number of rotatable bonds is 4. The van der Waals surface area contributed by atoms with E-state index in [1.807, 2.05) is 13.0 Å². The molecule has 2 heteroatoms. The maximum atomic E-state index is 12.3. The second kappa shape index (κ2) is 4.09. The zero-order chi connectivity index (χ0) is 12.7. The van der Waals surface area contributed by atoms with E-state index in [1.165, 1.54) is 0 Å². The average Bonchev–Trinajstić information content (AvgIpc) is 2.54. The molecule has 0 aliphatic carbocycles. The zero-order valence-corrected chi connectivity index (χ0v) is 11.0. The number of hydrogen-bond acceptors (Lipinski definition) is 2. The molecule has 0 amide bonds. The monoisotopic (exact) mass is 234 g/mol. The fourth-order valence-electron chi connectivity index (χ4n) is 3.03. The van der Waals surface area contributed by atoms with Gasteiger partial charge in [-0.2, -0.15) is 0 Å². The van der Waals surface area contributed by atoms with Crippen molar-refractivity contribution in [2.45, 2.75) is 51.2 Å². The Labute approximate surface area is 104 Å². The molecule has 0 unspecified atom stereocenters. The van der Waals surface area contributed by atoms with Gasteiger partial charge in [-0.25, -0.2) is 0 Å². The third-order valence-electron chi connectivity index (χ3n) is 4.27. The van der Waals surface area contributed by atoms with Crippen molar-refractivity contribution >= 4 is 5.78 Å². The molecule has 0 aromatic rings. The van der Waals surface area contributed by atoms with Gasteiger partial charge in [0.05, 0.1) is 17.1 Å². The summed E-state index contributed by atoms with van der Waals surface area (Å²) in [6.45, 7) is 10.0. The molecule has 2 aliphatic heterocycles. The molecule has 1 fully saturated rings. The fraction of sp³-hybridized carbons (Fsp3) is 0.667. The molecule has 94 valence electrons. The lowest BCUT2D eigenvalue weighted by Crippen LogP contribution is -2.52. The second-order valence-electron chi connectivity index (χ2n) is 5.79. The maximum absolute atomic E-state index is 12.3. The Morgan fingerprint density at radius 3 is 2.88 bits per heavy atom. The third-order valence-corrected chi connectivity index (χ3v) is 4.27. The normalized spacial score (nSPS) is 40.0. The quantitative estimate of drug-likeness (QED) is 0.698. The van der Waals surface area contributed by atoms with E-state index >= 15 is 0 Å². The third kappa shape index (κ3) is 1.89. The van der Waals surface area contributed by atoms with Crippen LogP contribution in [-0.2, 0) is 9.53 Å². The van der Waals surface area contributed by atoms with Crippen LogP contribution in [0.2, 0.25) is 0 Å². The van der Waals surface area contributed by atoms with Crippen LogP contribution in [-0.4, -0.2) is 17.0 Å². The highest BCUT2D eigenvalue weighted by Crippen LogP contribution is 2.49. The number of fused-ring (bicyclic) bond motifs is 2. The van der Waals surface area contributed by atoms with Crippen LogP contribution in [0, 0.1) is 11.8 Å². The molecule has 1 saturated heterocycles. The molecule has 0 saturated carbocycles. The highest BCUT2D eigenvalue weighted by atomic mass is 16.5. The first kappa shape index (κ1) is 12.6. The van der Waals surface area contributed by atoms with Gasteiger partial charge in [-0.05, 0) is 25.7 Å². The number of ketones is 1. The van der Waals surface area contributed by atoms with E-state index in [-0.39, 0.29) is 11.5 Å². The summed E-state index contributed by atoms with van der Waals surface area (Å²) in [5.41, 5.74) is -0.751. The highest BCUT2D eigenvalue weighted by Gasteiger charge is 2.55. The molecule has 17 heavy (non-hydrogen) atoms. The van der Waals surface area contributed by atoms with Crippen molar-refractivity contribution in [3.8, 4) is 0 Å². The number of ether oxygens (including phenoxy) is 1. The van der Waals surface area contributed by atoms with E-state index in [2.05, 4.69) is 32.6 Å². The second-order valence-corrected chi connectivity index (χ2v) is 5.79. The van der Waals surface area contributed by atoms with Gasteiger partial charge in [-0.1, -0.05) is 32.1 Å². The fourth-order valence-corrected chi connectivity index (χ4v) is 3.03. The van der Waals surface area contributed by atoms with Crippen LogP contribution in [0.3, 0.4) is 0 Å². The molecule has 0 spiro atoms. The maximum Gasteiger partial charge on any atom is 0.142 e. The Morgan fingerprint density at radius 1 is 1.59 bits per heavy atom. The van der Waals surface area contributed by atoms with E-state index in [9.17, 15) is 4.79 Å². The number of allylic oxidation sites excluding steroid dienone is 1. The molecular formula is C15H22O2. The number of hydrogen-bond donors (Lipinski definition) is 0. The Kier molecular flexibility index (Phi) is 3.03. The van der Waals surface area contributed by atoms with Gasteiger partial charge in [0, 0.05) is 6.42 Å². The van der Waals surface area contributed by atoms with Crippen molar-refractivity contribution in [2.24, 2.45) is 11.8 Å². The largest absolute Gasteiger partial charge is 0.359 e. The Morgan fingerprint density at radius 2 is 2.29 bits per heavy atom. The average molecular weight is 234 g/mol. The van der Waals surface area contributed by atoms with Gasteiger partial charge < -0.3 is 4.74 Å². The number of carbonyl (C=O) groups excluding carboxylic acids is 1. The first-order chi connectivity index (χ1) is 7.93. The van der Waals surface area contributed by atoms with Gasteiger partial charge in [0.2, 0.25) is 0 Å². The van der Waals surface area contributed by atoms with Crippen molar-refractivity contribution < 1.29 is 9.53 Å². The van der Waals surface area contributed by atoms with Crippen molar-refractivity contribution in [3.05, 3.63) is 24.8 Å². The predicted octanol–water partition coefficient (Wildman–Crippen LogP) is 3.28. The minimum Gasteiger partial charge on any atom is -0.359 e. The topological polar surface area (TPSA) is 26.3 Å². The number of Topliss-reactive ketones (excluding diaryl/α,β-unsaturated/α-hetero) is 1. The Bertz CT molecular complexity index is 369. The van der Waals surface area contributed by atoms with Crippen LogP contribution in [0.25, 0.3) is 0 Å². The Hall–Kier alpha value is -0.890. The van der Waals surface area contributed by atoms with Crippen LogP contribution in [0.4, 0.5) is 0 Å². The molecule has 2 bridgehead atoms. The van der Waals surface area contributed by atoms with Gasteiger partial charge in [-0.15, -0.1) is 6.58 Å². The summed E-state index contributed by atoms with van der Waals surface area (Å²) in [6, 6.07) is 0. The minimum absolute atomic E-state index is 0.00822. The van der Waals surface area contributed by atoms with Gasteiger partial charge in [0.15, 0.2) is 0 Å². The first-order valence-electron chi connectivity index (χ1n) is 6.48. The van der Waals surface area contributed by atoms with Gasteiger partial charge in [0.1, 0.15) is 5.78 Å². The van der Waals surface area contributed by atoms with Crippen LogP contribution < -0.4 is 0 Å². The van der Waals surface area contributed by atoms with E-state index in [4.69, 9.17) is 4.74 Å². The molecule has 2 heterocycles. The van der Waals surface area contributed by atoms with E-state index in [0.29, 0.717) is 18.1 Å². The summed E-state index contributed by atoms with van der Waals surface area (Å²) in [7, 11) is 0. The summed E-state index contributed by atoms with van der Waals surface area (Å²) in [6.07, 6.45) is 8.34. The van der Waals surface area contributed by atoms with Crippen LogP contribution >= 0.6 is 0 Å². The van der Waals surface area contributed by atoms with Gasteiger partial charge in [-0.3, -0.25) is 4.79 Å². The van der Waals surface area contributed by atoms with Crippen LogP contribution in [0.5, 0.6) is 0 Å². The summed E-state index contributed by atoms with van der Waals surface area (Å²) in [4.78, 5) is 12.3.